The fourth-order valence-electron chi connectivity index (χ4n) is 10.6. The first-order valence-electron chi connectivity index (χ1n) is 30.2. The van der Waals surface area contributed by atoms with Crippen LogP contribution in [0.2, 0.25) is 0 Å². The number of para-hydroxylation sites is 1. The van der Waals surface area contributed by atoms with Crippen molar-refractivity contribution >= 4 is 81.8 Å². The number of likely N-dealkylation sites (tertiary alicyclic amines) is 1. The highest BCUT2D eigenvalue weighted by atomic mass is 32.2. The van der Waals surface area contributed by atoms with Gasteiger partial charge in [0.25, 0.3) is 0 Å². The molecule has 0 saturated carbocycles. The van der Waals surface area contributed by atoms with Crippen molar-refractivity contribution in [3.8, 4) is 0 Å². The van der Waals surface area contributed by atoms with Crippen LogP contribution in [0.3, 0.4) is 0 Å². The number of carbonyl (C=O) groups is 10. The molecule has 2 heterocycles. The lowest BCUT2D eigenvalue weighted by Crippen LogP contribution is -2.61. The van der Waals surface area contributed by atoms with E-state index < -0.39 is 119 Å². The molecule has 474 valence electrons. The highest BCUT2D eigenvalue weighted by Gasteiger charge is 2.41. The lowest BCUT2D eigenvalue weighted by Gasteiger charge is -2.31. The number of aromatic amines is 1. The second-order valence-corrected chi connectivity index (χ2v) is 25.0. The largest absolute Gasteiger partial charge is 0.480 e. The first-order chi connectivity index (χ1) is 41.4. The Morgan fingerprint density at radius 1 is 0.563 bits per heavy atom. The summed E-state index contributed by atoms with van der Waals surface area (Å²) < 4.78 is 0. The highest BCUT2D eigenvalue weighted by Crippen LogP contribution is 2.23. The van der Waals surface area contributed by atoms with Crippen LogP contribution in [-0.2, 0) is 67.2 Å². The van der Waals surface area contributed by atoms with Crippen LogP contribution in [0.25, 0.3) is 10.9 Å². The summed E-state index contributed by atoms with van der Waals surface area (Å²) in [6.45, 7) is 14.5. The number of rotatable bonds is 34. The van der Waals surface area contributed by atoms with Crippen LogP contribution in [0.1, 0.15) is 111 Å². The van der Waals surface area contributed by atoms with Gasteiger partial charge in [0.15, 0.2) is 0 Å². The van der Waals surface area contributed by atoms with E-state index in [0.29, 0.717) is 35.3 Å². The number of hydrogen-bond donors (Lipinski definition) is 11. The molecule has 0 aliphatic carbocycles. The third-order valence-electron chi connectivity index (χ3n) is 15.1. The van der Waals surface area contributed by atoms with Gasteiger partial charge in [-0.3, -0.25) is 43.2 Å². The fourth-order valence-corrected chi connectivity index (χ4v) is 11.1. The van der Waals surface area contributed by atoms with E-state index in [1.54, 1.807) is 80.7 Å². The molecule has 0 bridgehead atoms. The average Bonchev–Trinajstić information content (AvgIpc) is 3.80. The molecule has 87 heavy (non-hydrogen) atoms. The molecule has 1 fully saturated rings. The van der Waals surface area contributed by atoms with Crippen LogP contribution in [0.5, 0.6) is 0 Å². The minimum absolute atomic E-state index is 0.0197. The Morgan fingerprint density at radius 2 is 1.00 bits per heavy atom. The van der Waals surface area contributed by atoms with Gasteiger partial charge in [0.2, 0.25) is 53.2 Å². The van der Waals surface area contributed by atoms with Crippen molar-refractivity contribution in [2.75, 3.05) is 25.1 Å². The zero-order valence-electron chi connectivity index (χ0n) is 51.6. The quantitative estimate of drug-likeness (QED) is 0.0319. The number of hydrogen-bond acceptors (Lipinski definition) is 12. The summed E-state index contributed by atoms with van der Waals surface area (Å²) in [4.78, 5) is 145. The van der Waals surface area contributed by atoms with Crippen molar-refractivity contribution in [1.29, 1.82) is 0 Å². The van der Waals surface area contributed by atoms with Gasteiger partial charge in [0.1, 0.15) is 54.4 Å². The van der Waals surface area contributed by atoms with Gasteiger partial charge in [-0.1, -0.05) is 134 Å². The second-order valence-electron chi connectivity index (χ2n) is 24.1. The molecule has 22 nitrogen and oxygen atoms in total. The average molecular weight is 1220 g/mol. The van der Waals surface area contributed by atoms with Crippen molar-refractivity contribution in [3.63, 3.8) is 0 Å². The summed E-state index contributed by atoms with van der Waals surface area (Å²) in [5.74, 6) is -7.34. The lowest BCUT2D eigenvalue weighted by atomic mass is 9.98. The third-order valence-corrected chi connectivity index (χ3v) is 15.7. The molecule has 0 radical (unpaired) electrons. The number of aliphatic carboxylic acids is 1. The summed E-state index contributed by atoms with van der Waals surface area (Å²) in [5, 5.41) is 33.2. The van der Waals surface area contributed by atoms with Crippen molar-refractivity contribution < 1.29 is 53.1 Å². The molecule has 5 rings (SSSR count). The van der Waals surface area contributed by atoms with Crippen LogP contribution in [0.15, 0.2) is 91.1 Å². The Bertz CT molecular complexity index is 2960. The maximum absolute atomic E-state index is 14.9. The number of carboxylic acid groups (broad SMARTS) is 1. The molecule has 1 aromatic heterocycles. The van der Waals surface area contributed by atoms with Gasteiger partial charge in [-0.25, -0.2) is 4.79 Å². The summed E-state index contributed by atoms with van der Waals surface area (Å²) in [5.41, 5.74) is 8.31. The Morgan fingerprint density at radius 3 is 1.48 bits per heavy atom. The number of thioether (sulfide) groups is 1. The lowest BCUT2D eigenvalue weighted by molar-refractivity contribution is -0.143. The first kappa shape index (κ1) is 70.0. The number of nitrogens with zero attached hydrogens (tertiary/aromatic N) is 1. The van der Waals surface area contributed by atoms with Gasteiger partial charge in [-0.15, -0.1) is 0 Å². The first-order valence-corrected chi connectivity index (χ1v) is 31.6. The van der Waals surface area contributed by atoms with Crippen molar-refractivity contribution in [2.45, 2.75) is 168 Å². The van der Waals surface area contributed by atoms with Gasteiger partial charge >= 0.3 is 5.97 Å². The van der Waals surface area contributed by atoms with E-state index in [4.69, 9.17) is 5.73 Å². The molecule has 4 aromatic rings. The van der Waals surface area contributed by atoms with Crippen LogP contribution < -0.4 is 48.3 Å². The van der Waals surface area contributed by atoms with Crippen LogP contribution in [-0.4, -0.2) is 154 Å². The number of amides is 9. The van der Waals surface area contributed by atoms with Gasteiger partial charge in [-0.2, -0.15) is 11.8 Å². The summed E-state index contributed by atoms with van der Waals surface area (Å²) >= 11 is 1.48. The number of benzene rings is 3. The van der Waals surface area contributed by atoms with Crippen LogP contribution >= 0.6 is 11.8 Å². The van der Waals surface area contributed by atoms with E-state index in [-0.39, 0.29) is 75.8 Å². The predicted octanol–water partition coefficient (Wildman–Crippen LogP) is 3.66. The fraction of sp³-hybridized carbons (Fsp3) is 0.531. The molecule has 9 atom stereocenters. The zero-order valence-corrected chi connectivity index (χ0v) is 52.4. The van der Waals surface area contributed by atoms with Crippen LogP contribution in [0, 0.1) is 23.7 Å². The molecule has 12 N–H and O–H groups in total. The SMILES string of the molecule is CSCC[C@H](NC(=O)[C@H](CC(C)C)NC(=O)CN)C(=O)N1CCC[C@H]1C(=O)N[C@@H](CC(C)C)C(=O)N[C@@H](CC(C)C)C(=O)N[C@@H](Cc1ccccc1)C(=O)N[C@@H](Cc1ccccc1)C(=O)N[C@@H](Cc1c[nH]c2ccccc12)C(=O)N[C@H](C(=O)O)C(C)C. The number of nitrogens with one attached hydrogen (secondary N) is 9. The van der Waals surface area contributed by atoms with E-state index in [1.165, 1.54) is 16.7 Å². The highest BCUT2D eigenvalue weighted by molar-refractivity contribution is 7.98. The van der Waals surface area contributed by atoms with Gasteiger partial charge in [0.05, 0.1) is 6.54 Å². The van der Waals surface area contributed by atoms with Crippen molar-refractivity contribution in [3.05, 3.63) is 108 Å². The number of carbonyl (C=O) groups excluding carboxylic acids is 9. The number of fused-ring (bicyclic) bond motifs is 1. The monoisotopic (exact) mass is 1220 g/mol. The standard InChI is InChI=1S/C64H91N11O11S/c1-37(2)29-47(67-54(76)35-65)56(77)68-46(26-28-87-9)63(84)75-27-18-25-53(75)62(83)73-49(31-39(5)6)58(79)69-48(30-38(3)4)57(78)70-50(32-41-19-12-10-13-20-41)59(80)71-51(33-42-21-14-11-15-22-42)60(81)72-52(61(82)74-55(40(7)8)64(85)86)34-43-36-66-45-24-17-16-23-44(43)45/h10-17,19-24,36-40,46-53,55,66H,18,25-35,65H2,1-9H3,(H,67,76)(H,68,77)(H,69,79)(H,70,78)(H,71,80)(H,72,81)(H,73,83)(H,74,82)(H,85,86)/t46-,47-,48-,49-,50-,51-,52-,53-,55-/m0/s1. The molecule has 3 aromatic carbocycles. The van der Waals surface area contributed by atoms with E-state index in [2.05, 4.69) is 47.5 Å². The number of H-pyrrole nitrogens is 1. The molecule has 0 spiro atoms. The van der Waals surface area contributed by atoms with Crippen molar-refractivity contribution in [1.82, 2.24) is 52.4 Å². The summed E-state index contributed by atoms with van der Waals surface area (Å²) in [7, 11) is 0. The maximum Gasteiger partial charge on any atom is 0.326 e. The Balaban J connectivity index is 1.40. The normalized spacial score (nSPS) is 16.0. The molecular weight excluding hydrogens is 1130 g/mol. The number of carboxylic acids is 1. The summed E-state index contributed by atoms with van der Waals surface area (Å²) in [6.07, 6.45) is 4.99. The van der Waals surface area contributed by atoms with Gasteiger partial charge in [0, 0.05) is 42.9 Å². The molecule has 0 unspecified atom stereocenters. The molecule has 9 amide bonds. The number of aromatic nitrogens is 1. The Kier molecular flexibility index (Phi) is 27.8. The van der Waals surface area contributed by atoms with Gasteiger partial charge < -0.3 is 63.3 Å². The minimum atomic E-state index is -1.34. The van der Waals surface area contributed by atoms with E-state index >= 15 is 0 Å². The van der Waals surface area contributed by atoms with Crippen LogP contribution in [0.4, 0.5) is 0 Å². The molecule has 23 heteroatoms. The molecule has 1 aliphatic rings. The Hall–Kier alpha value is -7.79. The van der Waals surface area contributed by atoms with E-state index in [0.717, 1.165) is 10.9 Å². The zero-order chi connectivity index (χ0) is 63.9. The molecule has 1 aliphatic heterocycles. The predicted molar refractivity (Wildman–Crippen MR) is 335 cm³/mol. The van der Waals surface area contributed by atoms with E-state index in [9.17, 15) is 53.1 Å². The maximum atomic E-state index is 14.9. The summed E-state index contributed by atoms with van der Waals surface area (Å²) in [6, 6.07) is 14.5. The van der Waals surface area contributed by atoms with Crippen molar-refractivity contribution in [2.24, 2.45) is 29.4 Å². The second kappa shape index (κ2) is 34.5. The molecular formula is C64H91N11O11S. The number of nitrogens with two attached hydrogens (primary N) is 1. The van der Waals surface area contributed by atoms with Gasteiger partial charge in [-0.05, 0) is 97.0 Å². The Labute approximate surface area is 515 Å². The molecule has 1 saturated heterocycles. The smallest absolute Gasteiger partial charge is 0.326 e. The minimum Gasteiger partial charge on any atom is -0.480 e. The third kappa shape index (κ3) is 21.8. The topological polar surface area (TPSA) is 332 Å². The van der Waals surface area contributed by atoms with E-state index in [1.807, 2.05) is 72.1 Å².